The lowest BCUT2D eigenvalue weighted by Crippen LogP contribution is -2.43. The van der Waals surface area contributed by atoms with Crippen molar-refractivity contribution in [1.82, 2.24) is 14.7 Å². The summed E-state index contributed by atoms with van der Waals surface area (Å²) in [6.45, 7) is 4.31. The lowest BCUT2D eigenvalue weighted by molar-refractivity contribution is 0.0519. The molecule has 2 aromatic rings. The Morgan fingerprint density at radius 1 is 1.28 bits per heavy atom. The molecular weight excluding hydrogens is 324 g/mol. The Labute approximate surface area is 145 Å². The topological polar surface area (TPSA) is 85.7 Å². The largest absolute Gasteiger partial charge is 0.461 e. The number of rotatable bonds is 4. The van der Waals surface area contributed by atoms with E-state index in [1.807, 2.05) is 12.1 Å². The Kier molecular flexibility index (Phi) is 5.30. The summed E-state index contributed by atoms with van der Waals surface area (Å²) >= 11 is 0. The monoisotopic (exact) mass is 344 g/mol. The van der Waals surface area contributed by atoms with E-state index in [0.717, 1.165) is 5.69 Å². The standard InChI is InChI=1S/C17H20N4O4/c1-2-25-16(22)15-6-7-21(19-15)14-5-3-4-13(12-14)18-17(23)20-8-10-24-11-9-20/h3-7,12H,2,8-11H2,1H3,(H,18,23). The van der Waals surface area contributed by atoms with Crippen LogP contribution in [0.3, 0.4) is 0 Å². The highest BCUT2D eigenvalue weighted by molar-refractivity contribution is 5.89. The highest BCUT2D eigenvalue weighted by Crippen LogP contribution is 2.16. The van der Waals surface area contributed by atoms with Gasteiger partial charge in [0.15, 0.2) is 5.69 Å². The minimum absolute atomic E-state index is 0.159. The lowest BCUT2D eigenvalue weighted by Gasteiger charge is -2.27. The van der Waals surface area contributed by atoms with Crippen molar-refractivity contribution in [2.45, 2.75) is 6.92 Å². The number of amides is 2. The van der Waals surface area contributed by atoms with Crippen LogP contribution >= 0.6 is 0 Å². The van der Waals surface area contributed by atoms with Crippen molar-refractivity contribution in [3.63, 3.8) is 0 Å². The van der Waals surface area contributed by atoms with Crippen LogP contribution in [0.4, 0.5) is 10.5 Å². The number of esters is 1. The molecule has 25 heavy (non-hydrogen) atoms. The molecule has 0 atom stereocenters. The Hall–Kier alpha value is -2.87. The fourth-order valence-electron chi connectivity index (χ4n) is 2.48. The van der Waals surface area contributed by atoms with Crippen LogP contribution in [0, 0.1) is 0 Å². The summed E-state index contributed by atoms with van der Waals surface area (Å²) in [5.74, 6) is -0.460. The molecule has 3 rings (SSSR count). The smallest absolute Gasteiger partial charge is 0.358 e. The third-order valence-corrected chi connectivity index (χ3v) is 3.73. The van der Waals surface area contributed by atoms with Gasteiger partial charge in [-0.1, -0.05) is 6.07 Å². The van der Waals surface area contributed by atoms with Crippen molar-refractivity contribution in [3.05, 3.63) is 42.2 Å². The van der Waals surface area contributed by atoms with Gasteiger partial charge < -0.3 is 19.7 Å². The number of hydrogen-bond donors (Lipinski definition) is 1. The van der Waals surface area contributed by atoms with Crippen LogP contribution in [0.25, 0.3) is 5.69 Å². The summed E-state index contributed by atoms with van der Waals surface area (Å²) in [6.07, 6.45) is 1.68. The van der Waals surface area contributed by atoms with E-state index < -0.39 is 5.97 Å². The summed E-state index contributed by atoms with van der Waals surface area (Å²) in [6, 6.07) is 8.69. The number of nitrogens with one attached hydrogen (secondary N) is 1. The lowest BCUT2D eigenvalue weighted by atomic mass is 10.3. The summed E-state index contributed by atoms with van der Waals surface area (Å²) in [5, 5.41) is 7.08. The van der Waals surface area contributed by atoms with E-state index in [1.54, 1.807) is 40.9 Å². The zero-order valence-electron chi connectivity index (χ0n) is 14.0. The van der Waals surface area contributed by atoms with Gasteiger partial charge >= 0.3 is 12.0 Å². The molecule has 1 saturated heterocycles. The minimum atomic E-state index is -0.460. The number of urea groups is 1. The van der Waals surface area contributed by atoms with E-state index in [9.17, 15) is 9.59 Å². The van der Waals surface area contributed by atoms with Crippen molar-refractivity contribution in [2.75, 3.05) is 38.2 Å². The van der Waals surface area contributed by atoms with Gasteiger partial charge in [0, 0.05) is 25.0 Å². The molecule has 1 N–H and O–H groups in total. The summed E-state index contributed by atoms with van der Waals surface area (Å²) in [7, 11) is 0. The zero-order chi connectivity index (χ0) is 17.6. The molecule has 1 aromatic heterocycles. The van der Waals surface area contributed by atoms with E-state index in [-0.39, 0.29) is 11.7 Å². The second kappa shape index (κ2) is 7.80. The number of nitrogens with zero attached hydrogens (tertiary/aromatic N) is 3. The van der Waals surface area contributed by atoms with Gasteiger partial charge in [-0.3, -0.25) is 0 Å². The molecule has 132 valence electrons. The fraction of sp³-hybridized carbons (Fsp3) is 0.353. The average molecular weight is 344 g/mol. The SMILES string of the molecule is CCOC(=O)c1ccn(-c2cccc(NC(=O)N3CCOCC3)c2)n1. The van der Waals surface area contributed by atoms with Gasteiger partial charge in [0.05, 0.1) is 25.5 Å². The maximum absolute atomic E-state index is 12.3. The highest BCUT2D eigenvalue weighted by Gasteiger charge is 2.17. The molecule has 0 aliphatic carbocycles. The first kappa shape index (κ1) is 17.0. The van der Waals surface area contributed by atoms with E-state index in [4.69, 9.17) is 9.47 Å². The fourth-order valence-corrected chi connectivity index (χ4v) is 2.48. The van der Waals surface area contributed by atoms with Crippen molar-refractivity contribution < 1.29 is 19.1 Å². The Morgan fingerprint density at radius 3 is 2.84 bits per heavy atom. The molecule has 0 saturated carbocycles. The van der Waals surface area contributed by atoms with Crippen molar-refractivity contribution in [2.24, 2.45) is 0 Å². The third kappa shape index (κ3) is 4.16. The quantitative estimate of drug-likeness (QED) is 0.857. The molecule has 0 unspecified atom stereocenters. The van der Waals surface area contributed by atoms with Gasteiger partial charge in [-0.15, -0.1) is 0 Å². The number of morpholine rings is 1. The number of carbonyl (C=O) groups is 2. The number of carbonyl (C=O) groups excluding carboxylic acids is 2. The number of ether oxygens (including phenoxy) is 2. The number of aromatic nitrogens is 2. The minimum Gasteiger partial charge on any atom is -0.461 e. The van der Waals surface area contributed by atoms with Crippen LogP contribution in [0.1, 0.15) is 17.4 Å². The number of benzene rings is 1. The predicted molar refractivity (Wildman–Crippen MR) is 90.9 cm³/mol. The number of hydrogen-bond acceptors (Lipinski definition) is 5. The van der Waals surface area contributed by atoms with Gasteiger partial charge in [0.25, 0.3) is 0 Å². The second-order valence-electron chi connectivity index (χ2n) is 5.45. The average Bonchev–Trinajstić information content (AvgIpc) is 3.13. The van der Waals surface area contributed by atoms with Crippen molar-refractivity contribution in [3.8, 4) is 5.69 Å². The first-order chi connectivity index (χ1) is 12.2. The third-order valence-electron chi connectivity index (χ3n) is 3.73. The van der Waals surface area contributed by atoms with Crippen molar-refractivity contribution in [1.29, 1.82) is 0 Å². The first-order valence-electron chi connectivity index (χ1n) is 8.14. The van der Waals surface area contributed by atoms with Gasteiger partial charge in [-0.25, -0.2) is 14.3 Å². The highest BCUT2D eigenvalue weighted by atomic mass is 16.5. The molecule has 8 heteroatoms. The second-order valence-corrected chi connectivity index (χ2v) is 5.45. The molecule has 1 aliphatic rings. The zero-order valence-corrected chi connectivity index (χ0v) is 14.0. The van der Waals surface area contributed by atoms with Crippen LogP contribution < -0.4 is 5.32 Å². The maximum Gasteiger partial charge on any atom is 0.358 e. The van der Waals surface area contributed by atoms with Gasteiger partial charge in [0.2, 0.25) is 0 Å². The summed E-state index contributed by atoms with van der Waals surface area (Å²) in [4.78, 5) is 25.7. The summed E-state index contributed by atoms with van der Waals surface area (Å²) < 4.78 is 11.7. The van der Waals surface area contributed by atoms with Crippen LogP contribution in [-0.4, -0.2) is 59.6 Å². The number of anilines is 1. The van der Waals surface area contributed by atoms with E-state index in [0.29, 0.717) is 38.6 Å². The van der Waals surface area contributed by atoms with Crippen LogP contribution in [-0.2, 0) is 9.47 Å². The normalized spacial score (nSPS) is 14.2. The Balaban J connectivity index is 1.71. The molecular formula is C17H20N4O4. The van der Waals surface area contributed by atoms with E-state index in [1.165, 1.54) is 0 Å². The summed E-state index contributed by atoms with van der Waals surface area (Å²) in [5.41, 5.74) is 1.63. The molecule has 0 bridgehead atoms. The molecule has 2 amide bonds. The van der Waals surface area contributed by atoms with Gasteiger partial charge in [-0.2, -0.15) is 5.10 Å². The van der Waals surface area contributed by atoms with Crippen LogP contribution in [0.15, 0.2) is 36.5 Å². The van der Waals surface area contributed by atoms with Crippen LogP contribution in [0.2, 0.25) is 0 Å². The molecule has 2 heterocycles. The van der Waals surface area contributed by atoms with E-state index in [2.05, 4.69) is 10.4 Å². The van der Waals surface area contributed by atoms with Crippen LogP contribution in [0.5, 0.6) is 0 Å². The molecule has 1 fully saturated rings. The molecule has 1 aromatic carbocycles. The maximum atomic E-state index is 12.3. The first-order valence-corrected chi connectivity index (χ1v) is 8.14. The van der Waals surface area contributed by atoms with Gasteiger partial charge in [-0.05, 0) is 31.2 Å². The Bertz CT molecular complexity index is 753. The molecule has 0 spiro atoms. The van der Waals surface area contributed by atoms with E-state index >= 15 is 0 Å². The molecule has 8 nitrogen and oxygen atoms in total. The van der Waals surface area contributed by atoms with Crippen molar-refractivity contribution >= 4 is 17.7 Å². The molecule has 1 aliphatic heterocycles. The molecule has 0 radical (unpaired) electrons. The Morgan fingerprint density at radius 2 is 2.08 bits per heavy atom. The van der Waals surface area contributed by atoms with Gasteiger partial charge in [0.1, 0.15) is 0 Å². The predicted octanol–water partition coefficient (Wildman–Crippen LogP) is 1.91.